The van der Waals surface area contributed by atoms with Crippen molar-refractivity contribution in [1.82, 2.24) is 38.6 Å². The molecule has 4 heterocycles. The normalized spacial score (nSPS) is 13.7. The largest absolute Gasteiger partial charge is 0.493 e. The monoisotopic (exact) mass is 684 g/mol. The second-order valence-corrected chi connectivity index (χ2v) is 11.7. The van der Waals surface area contributed by atoms with Gasteiger partial charge in [0.25, 0.3) is 11.5 Å². The predicted octanol–water partition coefficient (Wildman–Crippen LogP) is 2.90. The highest BCUT2D eigenvalue weighted by atomic mass is 16.5. The van der Waals surface area contributed by atoms with E-state index in [1.165, 1.54) is 9.13 Å². The van der Waals surface area contributed by atoms with E-state index in [1.807, 2.05) is 31.2 Å². The minimum absolute atomic E-state index is 0.0677. The van der Waals surface area contributed by atoms with Gasteiger partial charge in [-0.05, 0) is 55.8 Å². The summed E-state index contributed by atoms with van der Waals surface area (Å²) in [7, 11) is 4.92. The highest BCUT2D eigenvalue weighted by Crippen LogP contribution is 2.31. The number of ether oxygens (including phenoxy) is 3. The van der Waals surface area contributed by atoms with Gasteiger partial charge in [0.05, 0.1) is 20.8 Å². The van der Waals surface area contributed by atoms with Crippen molar-refractivity contribution in [3.8, 4) is 28.6 Å². The van der Waals surface area contributed by atoms with Crippen LogP contribution in [0.1, 0.15) is 31.1 Å². The van der Waals surface area contributed by atoms with Gasteiger partial charge in [0.1, 0.15) is 11.6 Å². The van der Waals surface area contributed by atoms with Crippen molar-refractivity contribution in [2.75, 3.05) is 47.0 Å². The zero-order valence-corrected chi connectivity index (χ0v) is 28.8. The zero-order chi connectivity index (χ0) is 35.4. The maximum absolute atomic E-state index is 13.0. The summed E-state index contributed by atoms with van der Waals surface area (Å²) in [6.45, 7) is 7.18. The molecule has 0 unspecified atom stereocenters. The fourth-order valence-electron chi connectivity index (χ4n) is 5.93. The SMILES string of the molecule is CCn1c(=O)c2c(nc(/C=C/c3ccc(OCC(=O)N4CCN(Cc5nc(-c6ccc(OC)c(OC)c6)no5)CC4)cc3)n2C)n(CC)c1=O. The van der Waals surface area contributed by atoms with E-state index in [0.717, 1.165) is 11.1 Å². The maximum atomic E-state index is 13.0. The van der Waals surface area contributed by atoms with Gasteiger partial charge in [0, 0.05) is 51.9 Å². The van der Waals surface area contributed by atoms with Gasteiger partial charge < -0.3 is 28.2 Å². The van der Waals surface area contributed by atoms with E-state index in [9.17, 15) is 14.4 Å². The quantitative estimate of drug-likeness (QED) is 0.191. The molecule has 0 spiro atoms. The number of piperazine rings is 1. The summed E-state index contributed by atoms with van der Waals surface area (Å²) >= 11 is 0. The Kier molecular flexibility index (Phi) is 10.1. The van der Waals surface area contributed by atoms with Gasteiger partial charge in [-0.15, -0.1) is 0 Å². The van der Waals surface area contributed by atoms with E-state index in [2.05, 4.69) is 20.0 Å². The molecule has 0 atom stereocenters. The van der Waals surface area contributed by atoms with Gasteiger partial charge >= 0.3 is 5.69 Å². The molecule has 1 aliphatic heterocycles. The molecule has 3 aromatic heterocycles. The van der Waals surface area contributed by atoms with Crippen LogP contribution in [0, 0.1) is 0 Å². The highest BCUT2D eigenvalue weighted by Gasteiger charge is 2.23. The molecule has 0 N–H and O–H groups in total. The average molecular weight is 685 g/mol. The Morgan fingerprint density at radius 1 is 0.900 bits per heavy atom. The lowest BCUT2D eigenvalue weighted by molar-refractivity contribution is -0.135. The second kappa shape index (κ2) is 14.8. The van der Waals surface area contributed by atoms with E-state index < -0.39 is 0 Å². The molecule has 0 radical (unpaired) electrons. The minimum atomic E-state index is -0.361. The van der Waals surface area contributed by atoms with Crippen molar-refractivity contribution in [3.05, 3.63) is 80.6 Å². The molecule has 0 aliphatic carbocycles. The standard InChI is InChI=1S/C35H40N8O7/c1-6-42-33-31(34(45)43(7-2)35(42)46)39(3)28(36-33)15-10-23-8-12-25(13-9-23)49-22-30(44)41-18-16-40(17-19-41)21-29-37-32(38-50-29)24-11-14-26(47-4)27(20-24)48-5/h8-15,20H,6-7,16-19,21-22H2,1-5H3/b15-10+. The van der Waals surface area contributed by atoms with Crippen LogP contribution in [0.25, 0.3) is 34.7 Å². The van der Waals surface area contributed by atoms with E-state index in [4.69, 9.17) is 18.7 Å². The summed E-state index contributed by atoms with van der Waals surface area (Å²) in [5, 5.41) is 4.12. The summed E-state index contributed by atoms with van der Waals surface area (Å²) in [5.41, 5.74) is 1.68. The molecule has 1 aliphatic rings. The molecule has 0 saturated carbocycles. The van der Waals surface area contributed by atoms with Crippen molar-refractivity contribution in [2.45, 2.75) is 33.5 Å². The van der Waals surface area contributed by atoms with Crippen LogP contribution in [0.5, 0.6) is 17.2 Å². The van der Waals surface area contributed by atoms with Gasteiger partial charge in [-0.25, -0.2) is 9.78 Å². The molecule has 2 aromatic carbocycles. The topological polar surface area (TPSA) is 152 Å². The first-order chi connectivity index (χ1) is 24.2. The Balaban J connectivity index is 0.995. The molecule has 50 heavy (non-hydrogen) atoms. The van der Waals surface area contributed by atoms with Gasteiger partial charge in [-0.3, -0.25) is 23.6 Å². The number of aromatic nitrogens is 6. The van der Waals surface area contributed by atoms with Crippen LogP contribution in [-0.4, -0.2) is 91.5 Å². The fraction of sp³-hybridized carbons (Fsp3) is 0.371. The number of hydrogen-bond acceptors (Lipinski definition) is 11. The van der Waals surface area contributed by atoms with Crippen molar-refractivity contribution in [2.24, 2.45) is 7.05 Å². The van der Waals surface area contributed by atoms with Crippen molar-refractivity contribution in [1.29, 1.82) is 0 Å². The minimum Gasteiger partial charge on any atom is -0.493 e. The number of amides is 1. The second-order valence-electron chi connectivity index (χ2n) is 11.7. The average Bonchev–Trinajstić information content (AvgIpc) is 3.74. The summed E-state index contributed by atoms with van der Waals surface area (Å²) in [4.78, 5) is 51.7. The van der Waals surface area contributed by atoms with Crippen LogP contribution in [0.4, 0.5) is 0 Å². The van der Waals surface area contributed by atoms with E-state index in [0.29, 0.717) is 85.2 Å². The predicted molar refractivity (Wildman–Crippen MR) is 186 cm³/mol. The first-order valence-corrected chi connectivity index (χ1v) is 16.4. The van der Waals surface area contributed by atoms with Crippen molar-refractivity contribution < 1.29 is 23.5 Å². The molecule has 15 nitrogen and oxygen atoms in total. The molecule has 0 bridgehead atoms. The van der Waals surface area contributed by atoms with E-state index in [1.54, 1.807) is 68.0 Å². The van der Waals surface area contributed by atoms with Crippen LogP contribution >= 0.6 is 0 Å². The third-order valence-corrected chi connectivity index (χ3v) is 8.77. The smallest absolute Gasteiger partial charge is 0.332 e. The molecule has 6 rings (SSSR count). The summed E-state index contributed by atoms with van der Waals surface area (Å²) in [6.07, 6.45) is 3.67. The fourth-order valence-corrected chi connectivity index (χ4v) is 5.93. The number of carbonyl (C=O) groups excluding carboxylic acids is 1. The number of imidazole rings is 1. The lowest BCUT2D eigenvalue weighted by Crippen LogP contribution is -2.49. The first kappa shape index (κ1) is 34.2. The number of aryl methyl sites for hydroxylation is 2. The lowest BCUT2D eigenvalue weighted by atomic mass is 10.2. The Labute approximate surface area is 287 Å². The highest BCUT2D eigenvalue weighted by molar-refractivity contribution is 5.78. The van der Waals surface area contributed by atoms with Crippen LogP contribution in [0.3, 0.4) is 0 Å². The maximum Gasteiger partial charge on any atom is 0.332 e. The van der Waals surface area contributed by atoms with Gasteiger partial charge in [-0.1, -0.05) is 23.4 Å². The lowest BCUT2D eigenvalue weighted by Gasteiger charge is -2.33. The van der Waals surface area contributed by atoms with Crippen LogP contribution in [0.15, 0.2) is 56.6 Å². The van der Waals surface area contributed by atoms with Crippen molar-refractivity contribution >= 4 is 29.2 Å². The molecular weight excluding hydrogens is 644 g/mol. The Morgan fingerprint density at radius 2 is 1.62 bits per heavy atom. The first-order valence-electron chi connectivity index (χ1n) is 16.4. The van der Waals surface area contributed by atoms with Crippen LogP contribution in [0.2, 0.25) is 0 Å². The van der Waals surface area contributed by atoms with Crippen molar-refractivity contribution in [3.63, 3.8) is 0 Å². The Morgan fingerprint density at radius 3 is 2.30 bits per heavy atom. The van der Waals surface area contributed by atoms with E-state index >= 15 is 0 Å². The third kappa shape index (κ3) is 6.89. The molecule has 15 heteroatoms. The summed E-state index contributed by atoms with van der Waals surface area (Å²) in [6, 6.07) is 12.8. The number of nitrogens with zero attached hydrogens (tertiary/aromatic N) is 8. The summed E-state index contributed by atoms with van der Waals surface area (Å²) < 4.78 is 26.4. The molecule has 1 amide bonds. The number of fused-ring (bicyclic) bond motifs is 1. The molecular formula is C35H40N8O7. The number of benzene rings is 2. The number of carbonyl (C=O) groups is 1. The van der Waals surface area contributed by atoms with Crippen LogP contribution in [-0.2, 0) is 31.5 Å². The number of rotatable bonds is 12. The van der Waals surface area contributed by atoms with Gasteiger partial charge in [0.2, 0.25) is 11.7 Å². The summed E-state index contributed by atoms with van der Waals surface area (Å²) in [5.74, 6) is 3.20. The van der Waals surface area contributed by atoms with Crippen LogP contribution < -0.4 is 25.5 Å². The zero-order valence-electron chi connectivity index (χ0n) is 28.8. The molecule has 262 valence electrons. The Bertz CT molecular complexity index is 2140. The third-order valence-electron chi connectivity index (χ3n) is 8.77. The molecule has 1 saturated heterocycles. The van der Waals surface area contributed by atoms with E-state index in [-0.39, 0.29) is 30.3 Å². The number of hydrogen-bond donors (Lipinski definition) is 0. The van der Waals surface area contributed by atoms with Gasteiger partial charge in [0.15, 0.2) is 29.3 Å². The molecule has 1 fully saturated rings. The Hall–Kier alpha value is -5.70. The number of methoxy groups -OCH3 is 2. The molecule has 5 aromatic rings. The van der Waals surface area contributed by atoms with Gasteiger partial charge in [-0.2, -0.15) is 4.98 Å².